The molecule has 0 fully saturated rings. The smallest absolute Gasteiger partial charge is 0.335 e. The first-order valence-electron chi connectivity index (χ1n) is 5.73. The lowest BCUT2D eigenvalue weighted by Crippen LogP contribution is -1.98. The van der Waals surface area contributed by atoms with Gasteiger partial charge in [0.05, 0.1) is 11.1 Å². The van der Waals surface area contributed by atoms with Crippen molar-refractivity contribution in [3.63, 3.8) is 0 Å². The first kappa shape index (κ1) is 12.6. The van der Waals surface area contributed by atoms with Crippen LogP contribution in [0.4, 0.5) is 4.39 Å². The lowest BCUT2D eigenvalue weighted by atomic mass is 10.2. The van der Waals surface area contributed by atoms with Crippen molar-refractivity contribution in [3.8, 4) is 11.4 Å². The molecular formula is C14H8ClFN2O2. The Labute approximate surface area is 118 Å². The summed E-state index contributed by atoms with van der Waals surface area (Å²) in [6.07, 6.45) is 1.58. The number of carbonyl (C=O) groups is 1. The van der Waals surface area contributed by atoms with Crippen molar-refractivity contribution >= 4 is 23.1 Å². The molecule has 0 aliphatic rings. The second-order valence-electron chi connectivity index (χ2n) is 4.21. The molecule has 0 aliphatic heterocycles. The number of aromatic carboxylic acids is 1. The molecule has 0 bridgehead atoms. The zero-order chi connectivity index (χ0) is 14.3. The number of aromatic nitrogens is 2. The fourth-order valence-corrected chi connectivity index (χ4v) is 2.21. The molecule has 0 aliphatic carbocycles. The van der Waals surface area contributed by atoms with Gasteiger partial charge in [0.15, 0.2) is 5.15 Å². The highest BCUT2D eigenvalue weighted by Crippen LogP contribution is 2.26. The quantitative estimate of drug-likeness (QED) is 0.786. The van der Waals surface area contributed by atoms with Crippen LogP contribution in [0, 0.1) is 5.82 Å². The van der Waals surface area contributed by atoms with Gasteiger partial charge >= 0.3 is 5.97 Å². The molecular weight excluding hydrogens is 283 g/mol. The number of fused-ring (bicyclic) bond motifs is 1. The second-order valence-corrected chi connectivity index (χ2v) is 4.57. The minimum Gasteiger partial charge on any atom is -0.478 e. The summed E-state index contributed by atoms with van der Waals surface area (Å²) in [6.45, 7) is 0. The van der Waals surface area contributed by atoms with E-state index in [0.29, 0.717) is 16.9 Å². The Morgan fingerprint density at radius 3 is 2.60 bits per heavy atom. The SMILES string of the molecule is O=C(O)c1ccn2c(-c3ccc(F)cc3)nc(Cl)c2c1. The molecule has 1 N–H and O–H groups in total. The summed E-state index contributed by atoms with van der Waals surface area (Å²) in [5.41, 5.74) is 1.31. The minimum absolute atomic E-state index is 0.130. The van der Waals surface area contributed by atoms with Crippen molar-refractivity contribution in [3.05, 3.63) is 59.1 Å². The number of halogens is 2. The van der Waals surface area contributed by atoms with E-state index in [2.05, 4.69) is 4.98 Å². The van der Waals surface area contributed by atoms with Crippen LogP contribution in [-0.2, 0) is 0 Å². The standard InChI is InChI=1S/C14H8ClFN2O2/c15-12-11-7-9(14(19)20)5-6-18(11)13(17-12)8-1-3-10(16)4-2-8/h1-7H,(H,19,20). The summed E-state index contributed by atoms with van der Waals surface area (Å²) < 4.78 is 14.6. The van der Waals surface area contributed by atoms with Crippen molar-refractivity contribution in [2.24, 2.45) is 0 Å². The Morgan fingerprint density at radius 2 is 1.95 bits per heavy atom. The summed E-state index contributed by atoms with van der Waals surface area (Å²) in [5, 5.41) is 9.18. The summed E-state index contributed by atoms with van der Waals surface area (Å²) in [4.78, 5) is 15.2. The fraction of sp³-hybridized carbons (Fsp3) is 0. The van der Waals surface area contributed by atoms with E-state index in [1.165, 1.54) is 24.3 Å². The molecule has 0 spiro atoms. The maximum Gasteiger partial charge on any atom is 0.335 e. The van der Waals surface area contributed by atoms with E-state index in [1.807, 2.05) is 0 Å². The van der Waals surface area contributed by atoms with Crippen LogP contribution >= 0.6 is 11.6 Å². The minimum atomic E-state index is -1.03. The van der Waals surface area contributed by atoms with Crippen LogP contribution in [0.2, 0.25) is 5.15 Å². The third-order valence-electron chi connectivity index (χ3n) is 2.95. The lowest BCUT2D eigenvalue weighted by Gasteiger charge is -2.02. The Balaban J connectivity index is 2.22. The van der Waals surface area contributed by atoms with Gasteiger partial charge in [-0.1, -0.05) is 11.6 Å². The van der Waals surface area contributed by atoms with Crippen molar-refractivity contribution in [1.29, 1.82) is 0 Å². The molecule has 0 radical (unpaired) electrons. The van der Waals surface area contributed by atoms with Crippen LogP contribution in [-0.4, -0.2) is 20.5 Å². The van der Waals surface area contributed by atoms with Crippen LogP contribution in [0.3, 0.4) is 0 Å². The van der Waals surface area contributed by atoms with E-state index in [4.69, 9.17) is 16.7 Å². The molecule has 4 nitrogen and oxygen atoms in total. The Kier molecular flexibility index (Phi) is 2.91. The van der Waals surface area contributed by atoms with Crippen molar-refractivity contribution < 1.29 is 14.3 Å². The zero-order valence-electron chi connectivity index (χ0n) is 10.0. The van der Waals surface area contributed by atoms with E-state index in [1.54, 1.807) is 22.7 Å². The van der Waals surface area contributed by atoms with Crippen LogP contribution in [0.15, 0.2) is 42.6 Å². The lowest BCUT2D eigenvalue weighted by molar-refractivity contribution is 0.0697. The van der Waals surface area contributed by atoms with Gasteiger partial charge < -0.3 is 5.11 Å². The molecule has 0 saturated carbocycles. The highest BCUT2D eigenvalue weighted by molar-refractivity contribution is 6.33. The third kappa shape index (κ3) is 2.02. The monoisotopic (exact) mass is 290 g/mol. The summed E-state index contributed by atoms with van der Waals surface area (Å²) in [6, 6.07) is 8.74. The highest BCUT2D eigenvalue weighted by Gasteiger charge is 2.13. The maximum absolute atomic E-state index is 12.9. The summed E-state index contributed by atoms with van der Waals surface area (Å²) in [5.74, 6) is -0.844. The summed E-state index contributed by atoms with van der Waals surface area (Å²) in [7, 11) is 0. The van der Waals surface area contributed by atoms with E-state index in [9.17, 15) is 9.18 Å². The van der Waals surface area contributed by atoms with Crippen LogP contribution in [0.25, 0.3) is 16.9 Å². The Bertz CT molecular complexity index is 812. The van der Waals surface area contributed by atoms with Crippen molar-refractivity contribution in [2.75, 3.05) is 0 Å². The van der Waals surface area contributed by atoms with Gasteiger partial charge in [-0.3, -0.25) is 4.40 Å². The van der Waals surface area contributed by atoms with Gasteiger partial charge in [0, 0.05) is 11.8 Å². The number of benzene rings is 1. The fourth-order valence-electron chi connectivity index (χ4n) is 1.98. The molecule has 1 aromatic carbocycles. The van der Waals surface area contributed by atoms with Gasteiger partial charge in [-0.2, -0.15) is 0 Å². The largest absolute Gasteiger partial charge is 0.478 e. The number of imidazole rings is 1. The first-order chi connectivity index (χ1) is 9.56. The third-order valence-corrected chi connectivity index (χ3v) is 3.23. The van der Waals surface area contributed by atoms with Gasteiger partial charge in [-0.15, -0.1) is 0 Å². The van der Waals surface area contributed by atoms with Crippen LogP contribution < -0.4 is 0 Å². The van der Waals surface area contributed by atoms with E-state index >= 15 is 0 Å². The van der Waals surface area contributed by atoms with Gasteiger partial charge in [0.2, 0.25) is 0 Å². The number of hydrogen-bond donors (Lipinski definition) is 1. The molecule has 3 rings (SSSR count). The van der Waals surface area contributed by atoms with Crippen LogP contribution in [0.5, 0.6) is 0 Å². The Morgan fingerprint density at radius 1 is 1.25 bits per heavy atom. The van der Waals surface area contributed by atoms with Gasteiger partial charge in [-0.05, 0) is 36.4 Å². The Hall–Kier alpha value is -2.40. The molecule has 100 valence electrons. The molecule has 2 heterocycles. The molecule has 2 aromatic heterocycles. The predicted molar refractivity (Wildman–Crippen MR) is 72.6 cm³/mol. The zero-order valence-corrected chi connectivity index (χ0v) is 10.8. The van der Waals surface area contributed by atoms with Crippen LogP contribution in [0.1, 0.15) is 10.4 Å². The van der Waals surface area contributed by atoms with Gasteiger partial charge in [0.1, 0.15) is 11.6 Å². The van der Waals surface area contributed by atoms with E-state index in [0.717, 1.165) is 0 Å². The van der Waals surface area contributed by atoms with E-state index in [-0.39, 0.29) is 16.5 Å². The molecule has 0 unspecified atom stereocenters. The molecule has 0 amide bonds. The van der Waals surface area contributed by atoms with Crippen molar-refractivity contribution in [2.45, 2.75) is 0 Å². The number of rotatable bonds is 2. The number of pyridine rings is 1. The summed E-state index contributed by atoms with van der Waals surface area (Å²) >= 11 is 6.04. The maximum atomic E-state index is 12.9. The normalized spacial score (nSPS) is 10.9. The highest BCUT2D eigenvalue weighted by atomic mass is 35.5. The number of carboxylic acids is 1. The average molecular weight is 291 g/mol. The average Bonchev–Trinajstić information content (AvgIpc) is 2.76. The van der Waals surface area contributed by atoms with E-state index < -0.39 is 5.97 Å². The molecule has 6 heteroatoms. The second kappa shape index (κ2) is 4.61. The van der Waals surface area contributed by atoms with Gasteiger partial charge in [-0.25, -0.2) is 14.2 Å². The number of carboxylic acid groups (broad SMARTS) is 1. The van der Waals surface area contributed by atoms with Gasteiger partial charge in [0.25, 0.3) is 0 Å². The van der Waals surface area contributed by atoms with Crippen molar-refractivity contribution in [1.82, 2.24) is 9.38 Å². The molecule has 20 heavy (non-hydrogen) atoms. The predicted octanol–water partition coefficient (Wildman–Crippen LogP) is 3.49. The topological polar surface area (TPSA) is 54.6 Å². The molecule has 3 aromatic rings. The number of hydrogen-bond acceptors (Lipinski definition) is 2. The first-order valence-corrected chi connectivity index (χ1v) is 6.11. The molecule has 0 saturated heterocycles. The molecule has 0 atom stereocenters. The number of nitrogens with zero attached hydrogens (tertiary/aromatic N) is 2.